The van der Waals surface area contributed by atoms with Gasteiger partial charge in [0.1, 0.15) is 0 Å². The second-order valence-corrected chi connectivity index (χ2v) is 4.30. The van der Waals surface area contributed by atoms with Crippen LogP contribution in [-0.4, -0.2) is 40.9 Å². The zero-order valence-electron chi connectivity index (χ0n) is 10.8. The topological polar surface area (TPSA) is 62.5 Å². The lowest BCUT2D eigenvalue weighted by Gasteiger charge is -2.21. The summed E-state index contributed by atoms with van der Waals surface area (Å²) in [4.78, 5) is 22.1. The fraction of sp³-hybridized carbons (Fsp3) is 0.417. The molecule has 0 aliphatic rings. The van der Waals surface area contributed by atoms with E-state index in [1.54, 1.807) is 19.4 Å². The Labute approximate surface area is 106 Å². The van der Waals surface area contributed by atoms with Crippen molar-refractivity contribution in [2.24, 2.45) is 5.92 Å². The van der Waals surface area contributed by atoms with E-state index in [4.69, 9.17) is 0 Å². The summed E-state index contributed by atoms with van der Waals surface area (Å²) in [5.41, 5.74) is 0.795. The van der Waals surface area contributed by atoms with Gasteiger partial charge < -0.3 is 14.6 Å². The number of anilines is 1. The van der Waals surface area contributed by atoms with E-state index < -0.39 is 0 Å². The van der Waals surface area contributed by atoms with Crippen LogP contribution in [0.3, 0.4) is 0 Å². The average molecular weight is 247 g/mol. The molecule has 0 aromatic carbocycles. The highest BCUT2D eigenvalue weighted by molar-refractivity contribution is 5.78. The maximum absolute atomic E-state index is 11.5. The Bertz CT molecular complexity index is 550. The molecule has 6 heteroatoms. The van der Waals surface area contributed by atoms with Gasteiger partial charge in [0, 0.05) is 45.4 Å². The first-order valence-corrected chi connectivity index (χ1v) is 5.84. The monoisotopic (exact) mass is 247 g/mol. The maximum atomic E-state index is 11.5. The molecule has 2 rings (SSSR count). The number of fused-ring (bicyclic) bond motifs is 1. The molecule has 0 unspecified atom stereocenters. The molecule has 0 bridgehead atoms. The van der Waals surface area contributed by atoms with Crippen molar-refractivity contribution in [1.29, 1.82) is 0 Å². The minimum Gasteiger partial charge on any atom is -0.359 e. The number of aromatic nitrogens is 3. The largest absolute Gasteiger partial charge is 0.359 e. The van der Waals surface area contributed by atoms with Gasteiger partial charge in [0.05, 0.1) is 5.92 Å². The third-order valence-corrected chi connectivity index (χ3v) is 2.90. The first-order chi connectivity index (χ1) is 8.63. The van der Waals surface area contributed by atoms with Crippen LogP contribution >= 0.6 is 0 Å². The summed E-state index contributed by atoms with van der Waals surface area (Å²) in [6.45, 7) is 2.49. The van der Waals surface area contributed by atoms with Crippen LogP contribution in [0, 0.1) is 5.92 Å². The predicted octanol–water partition coefficient (Wildman–Crippen LogP) is 0.548. The summed E-state index contributed by atoms with van der Waals surface area (Å²) in [6, 6.07) is 0. The molecule has 2 aromatic heterocycles. The molecule has 1 atom stereocenters. The van der Waals surface area contributed by atoms with E-state index in [9.17, 15) is 4.79 Å². The highest BCUT2D eigenvalue weighted by Gasteiger charge is 2.16. The Morgan fingerprint density at radius 2 is 2.11 bits per heavy atom. The molecule has 0 saturated heterocycles. The molecule has 6 nitrogen and oxygen atoms in total. The van der Waals surface area contributed by atoms with Gasteiger partial charge in [0.25, 0.3) is 0 Å². The second kappa shape index (κ2) is 5.03. The van der Waals surface area contributed by atoms with E-state index in [0.29, 0.717) is 6.54 Å². The Morgan fingerprint density at radius 1 is 1.44 bits per heavy atom. The summed E-state index contributed by atoms with van der Waals surface area (Å²) in [5, 5.41) is 2.65. The molecule has 2 heterocycles. The lowest BCUT2D eigenvalue weighted by atomic mass is 10.1. The summed E-state index contributed by atoms with van der Waals surface area (Å²) < 4.78 is 1.91. The number of hydrogen-bond donors (Lipinski definition) is 1. The van der Waals surface area contributed by atoms with Crippen molar-refractivity contribution in [2.75, 3.05) is 25.5 Å². The molecule has 2 aromatic rings. The molecule has 18 heavy (non-hydrogen) atoms. The fourth-order valence-electron chi connectivity index (χ4n) is 1.94. The van der Waals surface area contributed by atoms with Crippen molar-refractivity contribution in [2.45, 2.75) is 6.92 Å². The molecule has 1 amide bonds. The number of carbonyl (C=O) groups excluding carboxylic acids is 1. The molecule has 96 valence electrons. The van der Waals surface area contributed by atoms with Crippen molar-refractivity contribution in [3.05, 3.63) is 24.8 Å². The van der Waals surface area contributed by atoms with Crippen molar-refractivity contribution in [1.82, 2.24) is 19.7 Å². The number of rotatable bonds is 4. The van der Waals surface area contributed by atoms with Crippen LogP contribution in [0.5, 0.6) is 0 Å². The van der Waals surface area contributed by atoms with Gasteiger partial charge in [-0.2, -0.15) is 0 Å². The highest BCUT2D eigenvalue weighted by Crippen LogP contribution is 2.16. The zero-order valence-corrected chi connectivity index (χ0v) is 10.8. The normalized spacial score (nSPS) is 12.4. The molecular weight excluding hydrogens is 230 g/mol. The minimum absolute atomic E-state index is 0.0251. The van der Waals surface area contributed by atoms with E-state index in [1.165, 1.54) is 0 Å². The number of nitrogens with zero attached hydrogens (tertiary/aromatic N) is 4. The SMILES string of the molecule is CNC(=O)[C@@H](C)CN(C)c1nccn2ccnc12. The second-order valence-electron chi connectivity index (χ2n) is 4.30. The Morgan fingerprint density at radius 3 is 2.78 bits per heavy atom. The third-order valence-electron chi connectivity index (χ3n) is 2.90. The van der Waals surface area contributed by atoms with Crippen LogP contribution < -0.4 is 10.2 Å². The number of imidazole rings is 1. The molecule has 0 fully saturated rings. The van der Waals surface area contributed by atoms with E-state index in [2.05, 4.69) is 15.3 Å². The van der Waals surface area contributed by atoms with Gasteiger partial charge >= 0.3 is 0 Å². The lowest BCUT2D eigenvalue weighted by Crippen LogP contribution is -2.34. The summed E-state index contributed by atoms with van der Waals surface area (Å²) >= 11 is 0. The molecule has 0 radical (unpaired) electrons. The van der Waals surface area contributed by atoms with E-state index >= 15 is 0 Å². The van der Waals surface area contributed by atoms with Crippen LogP contribution in [-0.2, 0) is 4.79 Å². The maximum Gasteiger partial charge on any atom is 0.224 e. The van der Waals surface area contributed by atoms with Gasteiger partial charge in [-0.25, -0.2) is 9.97 Å². The van der Waals surface area contributed by atoms with E-state index in [-0.39, 0.29) is 11.8 Å². The Balaban J connectivity index is 2.20. The van der Waals surface area contributed by atoms with Crippen LogP contribution in [0.1, 0.15) is 6.92 Å². The highest BCUT2D eigenvalue weighted by atomic mass is 16.1. The average Bonchev–Trinajstić information content (AvgIpc) is 2.85. The van der Waals surface area contributed by atoms with Crippen molar-refractivity contribution < 1.29 is 4.79 Å². The van der Waals surface area contributed by atoms with Gasteiger partial charge in [-0.05, 0) is 0 Å². The molecule has 0 aliphatic heterocycles. The first kappa shape index (κ1) is 12.3. The van der Waals surface area contributed by atoms with E-state index in [0.717, 1.165) is 11.5 Å². The number of nitrogens with one attached hydrogen (secondary N) is 1. The number of carbonyl (C=O) groups is 1. The zero-order chi connectivity index (χ0) is 13.1. The smallest absolute Gasteiger partial charge is 0.224 e. The Kier molecular flexibility index (Phi) is 3.45. The first-order valence-electron chi connectivity index (χ1n) is 5.84. The molecular formula is C12H17N5O. The van der Waals surface area contributed by atoms with Gasteiger partial charge in [-0.15, -0.1) is 0 Å². The van der Waals surface area contributed by atoms with Gasteiger partial charge in [0.15, 0.2) is 11.5 Å². The predicted molar refractivity (Wildman–Crippen MR) is 69.5 cm³/mol. The third kappa shape index (κ3) is 2.27. The van der Waals surface area contributed by atoms with Gasteiger partial charge in [0.2, 0.25) is 5.91 Å². The van der Waals surface area contributed by atoms with Crippen molar-refractivity contribution in [3.8, 4) is 0 Å². The number of amides is 1. The number of hydrogen-bond acceptors (Lipinski definition) is 4. The molecule has 0 aliphatic carbocycles. The fourth-order valence-corrected chi connectivity index (χ4v) is 1.94. The quantitative estimate of drug-likeness (QED) is 0.857. The molecule has 1 N–H and O–H groups in total. The summed E-state index contributed by atoms with van der Waals surface area (Å²) in [6.07, 6.45) is 7.18. The van der Waals surface area contributed by atoms with Crippen LogP contribution in [0.2, 0.25) is 0 Å². The minimum atomic E-state index is -0.1000. The van der Waals surface area contributed by atoms with Crippen LogP contribution in [0.15, 0.2) is 24.8 Å². The van der Waals surface area contributed by atoms with Crippen LogP contribution in [0.25, 0.3) is 5.65 Å². The lowest BCUT2D eigenvalue weighted by molar-refractivity contribution is -0.123. The van der Waals surface area contributed by atoms with Crippen molar-refractivity contribution >= 4 is 17.4 Å². The standard InChI is InChI=1S/C12H17N5O/c1-9(12(18)13-2)8-16(3)10-11-15-5-7-17(11)6-4-14-10/h4-7,9H,8H2,1-3H3,(H,13,18)/t9-/m0/s1. The van der Waals surface area contributed by atoms with Gasteiger partial charge in [-0.1, -0.05) is 6.92 Å². The summed E-state index contributed by atoms with van der Waals surface area (Å²) in [7, 11) is 3.56. The molecule has 0 spiro atoms. The van der Waals surface area contributed by atoms with Gasteiger partial charge in [-0.3, -0.25) is 4.79 Å². The Hall–Kier alpha value is -2.11. The van der Waals surface area contributed by atoms with E-state index in [1.807, 2.05) is 35.7 Å². The van der Waals surface area contributed by atoms with Crippen molar-refractivity contribution in [3.63, 3.8) is 0 Å². The van der Waals surface area contributed by atoms with Crippen LogP contribution in [0.4, 0.5) is 5.82 Å². The molecule has 0 saturated carbocycles. The summed E-state index contributed by atoms with van der Waals surface area (Å²) in [5.74, 6) is 0.701.